The molecule has 1 heterocycles. The van der Waals surface area contributed by atoms with Crippen LogP contribution in [0.3, 0.4) is 0 Å². The van der Waals surface area contributed by atoms with Crippen LogP contribution in [0, 0.1) is 11.6 Å². The van der Waals surface area contributed by atoms with Gasteiger partial charge in [0.2, 0.25) is 10.0 Å². The van der Waals surface area contributed by atoms with E-state index in [1.54, 1.807) is 0 Å². The summed E-state index contributed by atoms with van der Waals surface area (Å²) in [6.07, 6.45) is 2.46. The number of halogens is 2. The Hall–Kier alpha value is -2.52. The summed E-state index contributed by atoms with van der Waals surface area (Å²) in [7, 11) is -2.55. The van der Waals surface area contributed by atoms with Gasteiger partial charge in [-0.25, -0.2) is 22.0 Å². The summed E-state index contributed by atoms with van der Waals surface area (Å²) in [4.78, 5) is 12.3. The minimum atomic E-state index is -3.90. The third kappa shape index (κ3) is 4.46. The van der Waals surface area contributed by atoms with Crippen LogP contribution >= 0.6 is 0 Å². The first-order valence-corrected chi connectivity index (χ1v) is 11.0. The summed E-state index contributed by atoms with van der Waals surface area (Å²) in [6.45, 7) is 1.74. The fourth-order valence-corrected chi connectivity index (χ4v) is 5.33. The van der Waals surface area contributed by atoms with Gasteiger partial charge in [0.25, 0.3) is 0 Å². The molecule has 0 radical (unpaired) electrons. The van der Waals surface area contributed by atoms with Crippen molar-refractivity contribution in [3.63, 3.8) is 0 Å². The monoisotopic (exact) mass is 439 g/mol. The lowest BCUT2D eigenvalue weighted by atomic mass is 10.1. The van der Waals surface area contributed by atoms with Crippen molar-refractivity contribution in [1.82, 2.24) is 4.31 Å². The van der Waals surface area contributed by atoms with Gasteiger partial charge < -0.3 is 9.47 Å². The van der Waals surface area contributed by atoms with Crippen molar-refractivity contribution in [2.45, 2.75) is 43.7 Å². The average Bonchev–Trinajstić information content (AvgIpc) is 2.74. The fraction of sp³-hybridized carbons (Fsp3) is 0.381. The predicted octanol–water partition coefficient (Wildman–Crippen LogP) is 3.89. The summed E-state index contributed by atoms with van der Waals surface area (Å²) in [5, 5.41) is 0. The van der Waals surface area contributed by atoms with Crippen molar-refractivity contribution in [2.24, 2.45) is 0 Å². The number of esters is 1. The molecule has 3 rings (SSSR count). The van der Waals surface area contributed by atoms with Crippen molar-refractivity contribution in [3.05, 3.63) is 59.2 Å². The van der Waals surface area contributed by atoms with Crippen molar-refractivity contribution in [3.8, 4) is 5.75 Å². The molecule has 1 saturated heterocycles. The Bertz CT molecular complexity index is 1040. The Morgan fingerprint density at radius 2 is 1.97 bits per heavy atom. The number of rotatable bonds is 6. The zero-order valence-electron chi connectivity index (χ0n) is 16.7. The number of nitrogens with zero attached hydrogens (tertiary/aromatic N) is 1. The van der Waals surface area contributed by atoms with Crippen LogP contribution in [-0.4, -0.2) is 38.4 Å². The molecule has 0 N–H and O–H groups in total. The maximum atomic E-state index is 13.7. The summed E-state index contributed by atoms with van der Waals surface area (Å²) in [5.74, 6) is -2.88. The second kappa shape index (κ2) is 9.09. The Kier molecular flexibility index (Phi) is 6.72. The van der Waals surface area contributed by atoms with E-state index >= 15 is 0 Å². The fourth-order valence-electron chi connectivity index (χ4n) is 3.45. The first kappa shape index (κ1) is 22.2. The summed E-state index contributed by atoms with van der Waals surface area (Å²) < 4.78 is 65.2. The van der Waals surface area contributed by atoms with Gasteiger partial charge in [-0.1, -0.05) is 18.6 Å². The molecule has 0 spiro atoms. The SMILES string of the molecule is COc1ccc(C(=O)OCc2cccc(F)c2F)cc1S(=O)(=O)N1CCCCC1C. The van der Waals surface area contributed by atoms with Crippen LogP contribution in [0.2, 0.25) is 0 Å². The summed E-state index contributed by atoms with van der Waals surface area (Å²) in [5.41, 5.74) is -0.150. The van der Waals surface area contributed by atoms with E-state index in [0.717, 1.165) is 25.3 Å². The summed E-state index contributed by atoms with van der Waals surface area (Å²) >= 11 is 0. The van der Waals surface area contributed by atoms with Crippen molar-refractivity contribution in [1.29, 1.82) is 0 Å². The van der Waals surface area contributed by atoms with E-state index < -0.39 is 34.2 Å². The second-order valence-electron chi connectivity index (χ2n) is 7.12. The number of benzene rings is 2. The largest absolute Gasteiger partial charge is 0.495 e. The first-order chi connectivity index (χ1) is 14.3. The molecule has 9 heteroatoms. The highest BCUT2D eigenvalue weighted by Gasteiger charge is 2.33. The Morgan fingerprint density at radius 3 is 2.67 bits per heavy atom. The highest BCUT2D eigenvalue weighted by atomic mass is 32.2. The summed E-state index contributed by atoms with van der Waals surface area (Å²) in [6, 6.07) is 7.33. The Morgan fingerprint density at radius 1 is 1.20 bits per heavy atom. The molecule has 2 aromatic rings. The molecule has 1 unspecified atom stereocenters. The third-order valence-electron chi connectivity index (χ3n) is 5.12. The minimum absolute atomic E-state index is 0.0316. The van der Waals surface area contributed by atoms with E-state index in [-0.39, 0.29) is 27.8 Å². The van der Waals surface area contributed by atoms with Crippen LogP contribution < -0.4 is 4.74 Å². The Balaban J connectivity index is 1.86. The lowest BCUT2D eigenvalue weighted by molar-refractivity contribution is 0.0467. The Labute approximate surface area is 174 Å². The molecular weight excluding hydrogens is 416 g/mol. The van der Waals surface area contributed by atoms with Gasteiger partial charge in [-0.05, 0) is 44.0 Å². The number of hydrogen-bond acceptors (Lipinski definition) is 5. The number of hydrogen-bond donors (Lipinski definition) is 0. The van der Waals surface area contributed by atoms with Gasteiger partial charge in [-0.3, -0.25) is 0 Å². The van der Waals surface area contributed by atoms with Gasteiger partial charge in [-0.2, -0.15) is 4.31 Å². The molecule has 2 aromatic carbocycles. The maximum absolute atomic E-state index is 13.7. The molecule has 1 aliphatic rings. The molecule has 0 aromatic heterocycles. The molecule has 0 amide bonds. The normalized spacial score (nSPS) is 17.5. The van der Waals surface area contributed by atoms with Gasteiger partial charge in [-0.15, -0.1) is 0 Å². The van der Waals surface area contributed by atoms with Crippen molar-refractivity contribution < 1.29 is 31.5 Å². The van der Waals surface area contributed by atoms with Crippen LogP contribution in [0.4, 0.5) is 8.78 Å². The molecular formula is C21H23F2NO5S. The standard InChI is InChI=1S/C21H23F2NO5S/c1-14-6-3-4-11-24(14)30(26,27)19-12-15(9-10-18(19)28-2)21(25)29-13-16-7-5-8-17(22)20(16)23/h5,7-10,12,14H,3-4,6,11,13H2,1-2H3. The van der Waals surface area contributed by atoms with E-state index in [1.807, 2.05) is 6.92 Å². The van der Waals surface area contributed by atoms with Crippen LogP contribution in [0.1, 0.15) is 42.1 Å². The van der Waals surface area contributed by atoms with Gasteiger partial charge in [0, 0.05) is 18.2 Å². The van der Waals surface area contributed by atoms with Gasteiger partial charge in [0.05, 0.1) is 12.7 Å². The average molecular weight is 439 g/mol. The van der Waals surface area contributed by atoms with Gasteiger partial charge >= 0.3 is 5.97 Å². The van der Waals surface area contributed by atoms with Gasteiger partial charge in [0.1, 0.15) is 17.3 Å². The zero-order chi connectivity index (χ0) is 21.9. The minimum Gasteiger partial charge on any atom is -0.495 e. The highest BCUT2D eigenvalue weighted by Crippen LogP contribution is 2.32. The molecule has 1 aliphatic heterocycles. The molecule has 0 bridgehead atoms. The lowest BCUT2D eigenvalue weighted by Crippen LogP contribution is -2.42. The molecule has 162 valence electrons. The van der Waals surface area contributed by atoms with E-state index in [2.05, 4.69) is 0 Å². The number of piperidine rings is 1. The number of sulfonamides is 1. The molecule has 1 atom stereocenters. The number of carbonyl (C=O) groups excluding carboxylic acids is 1. The predicted molar refractivity (Wildman–Crippen MR) is 106 cm³/mol. The van der Waals surface area contributed by atoms with Crippen LogP contribution in [0.5, 0.6) is 5.75 Å². The maximum Gasteiger partial charge on any atom is 0.338 e. The van der Waals surface area contributed by atoms with E-state index in [1.165, 1.54) is 41.7 Å². The molecule has 30 heavy (non-hydrogen) atoms. The first-order valence-electron chi connectivity index (χ1n) is 9.55. The van der Waals surface area contributed by atoms with Crippen molar-refractivity contribution in [2.75, 3.05) is 13.7 Å². The molecule has 0 aliphatic carbocycles. The van der Waals surface area contributed by atoms with Crippen LogP contribution in [0.25, 0.3) is 0 Å². The quantitative estimate of drug-likeness (QED) is 0.639. The van der Waals surface area contributed by atoms with E-state index in [0.29, 0.717) is 6.54 Å². The molecule has 6 nitrogen and oxygen atoms in total. The molecule has 0 saturated carbocycles. The van der Waals surface area contributed by atoms with Crippen molar-refractivity contribution >= 4 is 16.0 Å². The number of ether oxygens (including phenoxy) is 2. The van der Waals surface area contributed by atoms with Crippen LogP contribution in [0.15, 0.2) is 41.3 Å². The van der Waals surface area contributed by atoms with E-state index in [4.69, 9.17) is 9.47 Å². The third-order valence-corrected chi connectivity index (χ3v) is 7.15. The lowest BCUT2D eigenvalue weighted by Gasteiger charge is -2.32. The number of methoxy groups -OCH3 is 1. The molecule has 1 fully saturated rings. The van der Waals surface area contributed by atoms with E-state index in [9.17, 15) is 22.0 Å². The number of carbonyl (C=O) groups is 1. The topological polar surface area (TPSA) is 72.9 Å². The highest BCUT2D eigenvalue weighted by molar-refractivity contribution is 7.89. The van der Waals surface area contributed by atoms with Crippen LogP contribution in [-0.2, 0) is 21.4 Å². The zero-order valence-corrected chi connectivity index (χ0v) is 17.5. The smallest absolute Gasteiger partial charge is 0.338 e. The second-order valence-corrected chi connectivity index (χ2v) is 8.97. The van der Waals surface area contributed by atoms with Gasteiger partial charge in [0.15, 0.2) is 11.6 Å².